The molecule has 2 saturated carbocycles. The van der Waals surface area contributed by atoms with E-state index >= 15 is 0 Å². The lowest BCUT2D eigenvalue weighted by Gasteiger charge is -2.34. The molecule has 0 unspecified atom stereocenters. The van der Waals surface area contributed by atoms with E-state index in [0.717, 1.165) is 71.0 Å². The van der Waals surface area contributed by atoms with Crippen molar-refractivity contribution in [1.29, 1.82) is 0 Å². The first-order valence-electron chi connectivity index (χ1n) is 22.8. The molecule has 5 aliphatic heterocycles. The number of amides is 2. The maximum atomic E-state index is 14.1. The number of piperazine rings is 1. The third kappa shape index (κ3) is 8.83. The fraction of sp³-hybridized carbons (Fsp3) is 0.380. The first-order chi connectivity index (χ1) is 32.4. The second-order valence-corrected chi connectivity index (χ2v) is 18.1. The fourth-order valence-electron chi connectivity index (χ4n) is 10.2. The number of nitrogens with two attached hydrogens (primary N) is 1. The number of nitrogens with one attached hydrogen (secondary N) is 2. The van der Waals surface area contributed by atoms with Gasteiger partial charge in [-0.15, -0.1) is 12.4 Å². The monoisotopic (exact) mass is 951 g/mol. The summed E-state index contributed by atoms with van der Waals surface area (Å²) in [5.41, 5.74) is 9.33. The predicted octanol–water partition coefficient (Wildman–Crippen LogP) is 8.03. The molecule has 4 N–H and O–H groups in total. The lowest BCUT2D eigenvalue weighted by atomic mass is 9.97. The molecule has 7 heterocycles. The molecule has 12 rings (SSSR count). The van der Waals surface area contributed by atoms with Crippen molar-refractivity contribution in [2.24, 2.45) is 11.7 Å². The van der Waals surface area contributed by atoms with E-state index < -0.39 is 11.7 Å². The zero-order valence-corrected chi connectivity index (χ0v) is 37.8. The van der Waals surface area contributed by atoms with Crippen molar-refractivity contribution in [2.45, 2.75) is 81.8 Å². The molecule has 354 valence electrons. The average Bonchev–Trinajstić information content (AvgIpc) is 4.03. The van der Waals surface area contributed by atoms with E-state index in [9.17, 15) is 27.6 Å². The first kappa shape index (κ1) is 45.5. The molecule has 7 aliphatic rings. The molecule has 68 heavy (non-hydrogen) atoms. The highest BCUT2D eigenvalue weighted by Gasteiger charge is 2.59. The Morgan fingerprint density at radius 3 is 1.88 bits per heavy atom. The molecular weight excluding hydrogens is 903 g/mol. The number of rotatable bonds is 10. The van der Waals surface area contributed by atoms with Crippen molar-refractivity contribution < 1.29 is 46.5 Å². The van der Waals surface area contributed by atoms with Gasteiger partial charge >= 0.3 is 6.18 Å². The van der Waals surface area contributed by atoms with E-state index in [1.165, 1.54) is 12.1 Å². The van der Waals surface area contributed by atoms with Gasteiger partial charge in [0.05, 0.1) is 11.6 Å². The van der Waals surface area contributed by atoms with Gasteiger partial charge in [0.25, 0.3) is 0 Å². The van der Waals surface area contributed by atoms with Crippen LogP contribution in [-0.4, -0.2) is 88.3 Å². The van der Waals surface area contributed by atoms with Gasteiger partial charge in [-0.3, -0.25) is 19.3 Å². The fourth-order valence-corrected chi connectivity index (χ4v) is 10.2. The minimum atomic E-state index is -4.55. The molecule has 0 bridgehead atoms. The molecule has 3 fully saturated rings. The molecule has 5 aromatic rings. The SMILES string of the molecule is CCN1CCN(Cc2ccc(C(=O)C[C@H]3[C@@H]4Oc5ccc(Oc6ccnc7c6CCC(=O)N7)cc5[C@H]34)cc2C(F)(F)F)CC1.Cl.N[C@H]1[C@@H]2Oc3ccc(Oc4ccnc5c4CCC(=O)N5)cc3[C@H]12. The van der Waals surface area contributed by atoms with Crippen LogP contribution in [0, 0.1) is 5.92 Å². The Bertz CT molecular complexity index is 2820. The van der Waals surface area contributed by atoms with Crippen LogP contribution < -0.4 is 35.3 Å². The summed E-state index contributed by atoms with van der Waals surface area (Å²) >= 11 is 0. The molecule has 0 radical (unpaired) electrons. The number of pyridine rings is 2. The number of halogens is 4. The number of carbonyl (C=O) groups excluding carboxylic acids is 3. The van der Waals surface area contributed by atoms with Crippen LogP contribution in [-0.2, 0) is 35.2 Å². The van der Waals surface area contributed by atoms with Crippen LogP contribution in [0.4, 0.5) is 24.8 Å². The number of hydrogen-bond acceptors (Lipinski definition) is 12. The van der Waals surface area contributed by atoms with Crippen molar-refractivity contribution in [1.82, 2.24) is 19.8 Å². The summed E-state index contributed by atoms with van der Waals surface area (Å²) < 4.78 is 66.4. The van der Waals surface area contributed by atoms with Gasteiger partial charge in [-0.2, -0.15) is 13.2 Å². The number of nitrogens with zero attached hydrogens (tertiary/aromatic N) is 4. The van der Waals surface area contributed by atoms with E-state index in [1.807, 2.05) is 47.4 Å². The Labute approximate surface area is 396 Å². The van der Waals surface area contributed by atoms with Gasteiger partial charge in [-0.25, -0.2) is 9.97 Å². The number of ether oxygens (including phenoxy) is 4. The zero-order valence-electron chi connectivity index (χ0n) is 37.0. The Morgan fingerprint density at radius 1 is 0.750 bits per heavy atom. The second-order valence-electron chi connectivity index (χ2n) is 18.1. The Hall–Kier alpha value is -6.27. The number of alkyl halides is 3. The van der Waals surface area contributed by atoms with Crippen molar-refractivity contribution >= 4 is 41.6 Å². The summed E-state index contributed by atoms with van der Waals surface area (Å²) in [7, 11) is 0. The lowest BCUT2D eigenvalue weighted by Crippen LogP contribution is -2.45. The third-order valence-corrected chi connectivity index (χ3v) is 14.0. The lowest BCUT2D eigenvalue weighted by molar-refractivity contribution is -0.138. The Kier molecular flexibility index (Phi) is 12.0. The number of carbonyl (C=O) groups is 3. The van der Waals surface area contributed by atoms with Gasteiger partial charge in [-0.1, -0.05) is 19.1 Å². The molecule has 0 spiro atoms. The van der Waals surface area contributed by atoms with E-state index in [2.05, 4.69) is 32.4 Å². The van der Waals surface area contributed by atoms with Crippen LogP contribution in [0.1, 0.15) is 81.8 Å². The number of fused-ring (bicyclic) bond motifs is 8. The molecule has 2 aromatic heterocycles. The Balaban J connectivity index is 0.000000188. The van der Waals surface area contributed by atoms with Crippen molar-refractivity contribution in [3.63, 3.8) is 0 Å². The topological polar surface area (TPSA) is 170 Å². The second kappa shape index (κ2) is 18.0. The normalized spacial score (nSPS) is 23.7. The van der Waals surface area contributed by atoms with Crippen LogP contribution in [0.25, 0.3) is 0 Å². The van der Waals surface area contributed by atoms with Crippen molar-refractivity contribution in [3.05, 3.63) is 118 Å². The average molecular weight is 952 g/mol. The largest absolute Gasteiger partial charge is 0.489 e. The van der Waals surface area contributed by atoms with E-state index in [1.54, 1.807) is 18.5 Å². The smallest absolute Gasteiger partial charge is 0.416 e. The summed E-state index contributed by atoms with van der Waals surface area (Å²) in [6.07, 6.45) is 0.691. The number of aromatic nitrogens is 2. The third-order valence-electron chi connectivity index (χ3n) is 14.0. The van der Waals surface area contributed by atoms with Gasteiger partial charge in [0.15, 0.2) is 5.78 Å². The van der Waals surface area contributed by atoms with Gasteiger partial charge in [0, 0.05) is 110 Å². The standard InChI is InChI=1S/C33H33F3N4O4.C17H15N3O3.ClH/c1-2-39-11-13-40(14-12-39)18-20-4-3-19(15-25(20)33(34,35)36)26(41)17-24-30-23-16-21(5-7-27(23)44-31(24)30)43-28-9-10-37-32-22(28)6-8-29(42)38-32;18-15-14-10-7-8(1-3-11(10)23-16(14)15)22-12-5-6-19-17-9(12)2-4-13(21)20-17;/h3-5,7,9-10,15-16,24,30-31H,2,6,8,11-14,17-18H2,1H3,(H,37,38,42);1,3,5-7,14-16H,2,4,18H2,(H,19,20,21);1H/t24-,30-,31+;14-,15-,16-;/m11./s1. The zero-order chi connectivity index (χ0) is 46.1. The summed E-state index contributed by atoms with van der Waals surface area (Å²) in [6.45, 7) is 6.32. The van der Waals surface area contributed by atoms with E-state index in [-0.39, 0.29) is 84.2 Å². The quantitative estimate of drug-likeness (QED) is 0.115. The number of likely N-dealkylation sites (N-methyl/N-ethyl adjacent to an activating group) is 1. The maximum Gasteiger partial charge on any atom is 0.416 e. The van der Waals surface area contributed by atoms with Crippen LogP contribution in [0.15, 0.2) is 79.1 Å². The molecule has 1 saturated heterocycles. The number of ketones is 1. The van der Waals surface area contributed by atoms with Gasteiger partial charge in [0.2, 0.25) is 11.8 Å². The highest BCUT2D eigenvalue weighted by molar-refractivity contribution is 5.97. The minimum Gasteiger partial charge on any atom is -0.489 e. The number of Topliss-reactive ketones (excluding diaryl/α,β-unsaturated/α-hetero) is 1. The summed E-state index contributed by atoms with van der Waals surface area (Å²) in [5.74, 6) is 5.15. The van der Waals surface area contributed by atoms with Crippen LogP contribution in [0.5, 0.6) is 34.5 Å². The minimum absolute atomic E-state index is 0. The van der Waals surface area contributed by atoms with Gasteiger partial charge < -0.3 is 40.2 Å². The molecule has 18 heteroatoms. The highest BCUT2D eigenvalue weighted by Crippen LogP contribution is 2.60. The summed E-state index contributed by atoms with van der Waals surface area (Å²) in [4.78, 5) is 49.2. The molecule has 14 nitrogen and oxygen atoms in total. The predicted molar refractivity (Wildman–Crippen MR) is 246 cm³/mol. The molecular formula is C50H49ClF3N7O7. The number of benzene rings is 3. The summed E-state index contributed by atoms with van der Waals surface area (Å²) in [6, 6.07) is 19.1. The van der Waals surface area contributed by atoms with Gasteiger partial charge in [0.1, 0.15) is 58.3 Å². The number of hydrogen-bond donors (Lipinski definition) is 3. The molecule has 6 atom stereocenters. The maximum absolute atomic E-state index is 14.1. The van der Waals surface area contributed by atoms with E-state index in [0.29, 0.717) is 67.8 Å². The Morgan fingerprint density at radius 2 is 1.31 bits per heavy atom. The number of anilines is 2. The first-order valence-corrected chi connectivity index (χ1v) is 22.8. The van der Waals surface area contributed by atoms with Crippen LogP contribution in [0.3, 0.4) is 0 Å². The summed E-state index contributed by atoms with van der Waals surface area (Å²) in [5, 5.41) is 5.55. The molecule has 2 aliphatic carbocycles. The van der Waals surface area contributed by atoms with Gasteiger partial charge in [-0.05, 0) is 79.5 Å². The molecule has 3 aromatic carbocycles. The van der Waals surface area contributed by atoms with Crippen LogP contribution >= 0.6 is 12.4 Å². The molecule has 2 amide bonds. The van der Waals surface area contributed by atoms with Crippen molar-refractivity contribution in [3.8, 4) is 34.5 Å². The van der Waals surface area contributed by atoms with E-state index in [4.69, 9.17) is 24.7 Å². The highest BCUT2D eigenvalue weighted by atomic mass is 35.5. The van der Waals surface area contributed by atoms with Crippen molar-refractivity contribution in [2.75, 3.05) is 43.4 Å². The van der Waals surface area contributed by atoms with Crippen LogP contribution in [0.2, 0.25) is 0 Å².